The van der Waals surface area contributed by atoms with E-state index in [4.69, 9.17) is 4.74 Å². The molecule has 0 fully saturated rings. The molecule has 0 aliphatic carbocycles. The van der Waals surface area contributed by atoms with Crippen molar-refractivity contribution in [3.8, 4) is 11.4 Å². The van der Waals surface area contributed by atoms with Crippen LogP contribution in [-0.4, -0.2) is 39.3 Å². The summed E-state index contributed by atoms with van der Waals surface area (Å²) in [5, 5.41) is 5.47. The van der Waals surface area contributed by atoms with Crippen molar-refractivity contribution >= 4 is 35.0 Å². The van der Waals surface area contributed by atoms with Crippen molar-refractivity contribution in [3.63, 3.8) is 0 Å². The molecule has 1 aromatic heterocycles. The maximum Gasteiger partial charge on any atom is 0.295 e. The highest BCUT2D eigenvalue weighted by Crippen LogP contribution is 2.17. The van der Waals surface area contributed by atoms with Gasteiger partial charge < -0.3 is 15.4 Å². The molecule has 2 N–H and O–H groups in total. The number of aromatic nitrogens is 2. The van der Waals surface area contributed by atoms with Gasteiger partial charge in [0.2, 0.25) is 11.8 Å². The van der Waals surface area contributed by atoms with Crippen molar-refractivity contribution in [3.05, 3.63) is 70.6 Å². The highest BCUT2D eigenvalue weighted by Gasteiger charge is 2.18. The Bertz CT molecular complexity index is 1140. The van der Waals surface area contributed by atoms with Crippen molar-refractivity contribution in [1.82, 2.24) is 9.36 Å². The first-order chi connectivity index (χ1) is 15.4. The van der Waals surface area contributed by atoms with E-state index in [1.54, 1.807) is 42.9 Å². The van der Waals surface area contributed by atoms with E-state index in [0.29, 0.717) is 23.7 Å². The number of ether oxygens (including phenoxy) is 1. The predicted octanol–water partition coefficient (Wildman–Crippen LogP) is 3.19. The lowest BCUT2D eigenvalue weighted by molar-refractivity contribution is -0.114. The minimum atomic E-state index is -0.338. The van der Waals surface area contributed by atoms with Crippen LogP contribution in [0.4, 0.5) is 11.4 Å². The second-order valence-corrected chi connectivity index (χ2v) is 7.97. The number of anilines is 2. The van der Waals surface area contributed by atoms with Gasteiger partial charge in [0, 0.05) is 12.7 Å². The monoisotopic (exact) mass is 454 g/mol. The lowest BCUT2D eigenvalue weighted by Crippen LogP contribution is -2.24. The Morgan fingerprint density at radius 1 is 0.969 bits per heavy atom. The Morgan fingerprint density at radius 2 is 1.59 bits per heavy atom. The summed E-state index contributed by atoms with van der Waals surface area (Å²) in [5.41, 5.74) is 1.95. The van der Waals surface area contributed by atoms with Crippen LogP contribution in [0.5, 0.6) is 5.75 Å². The van der Waals surface area contributed by atoms with Crippen LogP contribution in [0.15, 0.2) is 59.4 Å². The Balaban J connectivity index is 1.53. The van der Waals surface area contributed by atoms with Crippen molar-refractivity contribution in [2.75, 3.05) is 28.7 Å². The number of benzene rings is 2. The van der Waals surface area contributed by atoms with E-state index in [0.717, 1.165) is 5.75 Å². The molecule has 0 aliphatic rings. The van der Waals surface area contributed by atoms with E-state index in [1.165, 1.54) is 16.4 Å². The highest BCUT2D eigenvalue weighted by atomic mass is 32.2. The van der Waals surface area contributed by atoms with E-state index < -0.39 is 0 Å². The minimum absolute atomic E-state index is 0.0514. The summed E-state index contributed by atoms with van der Waals surface area (Å²) in [4.78, 5) is 37.3. The average Bonchev–Trinajstić information content (AvgIpc) is 2.99. The van der Waals surface area contributed by atoms with E-state index in [2.05, 4.69) is 10.6 Å². The molecule has 0 radical (unpaired) electrons. The fourth-order valence-electron chi connectivity index (χ4n) is 3.12. The Labute approximate surface area is 190 Å². The SMILES string of the molecule is CCOc1ccc(NC(=O)CSCC(=O)Nc2c(C)n(C)n(-c3ccccc3)c2=O)cc1. The number of para-hydroxylation sites is 1. The molecule has 3 rings (SSSR count). The molecule has 168 valence electrons. The summed E-state index contributed by atoms with van der Waals surface area (Å²) in [6.45, 7) is 4.25. The van der Waals surface area contributed by atoms with Gasteiger partial charge in [0.05, 0.1) is 29.5 Å². The zero-order valence-corrected chi connectivity index (χ0v) is 19.1. The van der Waals surface area contributed by atoms with Gasteiger partial charge in [0.25, 0.3) is 5.56 Å². The number of thioether (sulfide) groups is 1. The molecular weight excluding hydrogens is 428 g/mol. The van der Waals surface area contributed by atoms with Gasteiger partial charge in [-0.3, -0.25) is 19.1 Å². The van der Waals surface area contributed by atoms with Gasteiger partial charge in [-0.1, -0.05) is 18.2 Å². The van der Waals surface area contributed by atoms with Gasteiger partial charge >= 0.3 is 0 Å². The number of amides is 2. The molecule has 1 heterocycles. The molecule has 2 amide bonds. The minimum Gasteiger partial charge on any atom is -0.494 e. The van der Waals surface area contributed by atoms with Gasteiger partial charge in [-0.15, -0.1) is 11.8 Å². The Kier molecular flexibility index (Phi) is 7.77. The Hall–Kier alpha value is -3.46. The van der Waals surface area contributed by atoms with Crippen molar-refractivity contribution in [2.45, 2.75) is 13.8 Å². The maximum atomic E-state index is 12.8. The molecule has 0 spiro atoms. The van der Waals surface area contributed by atoms with Gasteiger partial charge in [-0.05, 0) is 50.2 Å². The van der Waals surface area contributed by atoms with E-state index in [9.17, 15) is 14.4 Å². The van der Waals surface area contributed by atoms with Crippen LogP contribution in [0, 0.1) is 6.92 Å². The van der Waals surface area contributed by atoms with Gasteiger partial charge in [-0.2, -0.15) is 0 Å². The average molecular weight is 455 g/mol. The summed E-state index contributed by atoms with van der Waals surface area (Å²) in [7, 11) is 1.76. The molecule has 0 atom stereocenters. The van der Waals surface area contributed by atoms with Crippen LogP contribution in [0.2, 0.25) is 0 Å². The number of nitrogens with zero attached hydrogens (tertiary/aromatic N) is 2. The molecule has 9 heteroatoms. The first-order valence-corrected chi connectivity index (χ1v) is 11.3. The molecule has 32 heavy (non-hydrogen) atoms. The summed E-state index contributed by atoms with van der Waals surface area (Å²) in [6, 6.07) is 16.3. The molecule has 2 aromatic carbocycles. The van der Waals surface area contributed by atoms with Crippen LogP contribution in [-0.2, 0) is 16.6 Å². The standard InChI is InChI=1S/C23H26N4O4S/c1-4-31-19-12-10-17(11-13-19)24-20(28)14-32-15-21(29)25-22-16(2)26(3)27(23(22)30)18-8-6-5-7-9-18/h5-13H,4,14-15H2,1-3H3,(H,24,28)(H,25,29). The highest BCUT2D eigenvalue weighted by molar-refractivity contribution is 8.00. The van der Waals surface area contributed by atoms with Gasteiger partial charge in [0.1, 0.15) is 11.4 Å². The molecule has 0 bridgehead atoms. The molecule has 8 nitrogen and oxygen atoms in total. The zero-order valence-electron chi connectivity index (χ0n) is 18.3. The predicted molar refractivity (Wildman–Crippen MR) is 128 cm³/mol. The smallest absolute Gasteiger partial charge is 0.295 e. The topological polar surface area (TPSA) is 94.4 Å². The molecule has 3 aromatic rings. The third-order valence-electron chi connectivity index (χ3n) is 4.73. The summed E-state index contributed by atoms with van der Waals surface area (Å²) in [5.74, 6) is 0.349. The number of hydrogen-bond donors (Lipinski definition) is 2. The summed E-state index contributed by atoms with van der Waals surface area (Å²) >= 11 is 1.17. The van der Waals surface area contributed by atoms with Gasteiger partial charge in [0.15, 0.2) is 0 Å². The third-order valence-corrected chi connectivity index (χ3v) is 5.67. The number of hydrogen-bond acceptors (Lipinski definition) is 5. The zero-order chi connectivity index (χ0) is 23.1. The normalized spacial score (nSPS) is 10.6. The van der Waals surface area contributed by atoms with Crippen LogP contribution in [0.1, 0.15) is 12.6 Å². The van der Waals surface area contributed by atoms with E-state index in [1.807, 2.05) is 37.3 Å². The quantitative estimate of drug-likeness (QED) is 0.518. The van der Waals surface area contributed by atoms with Gasteiger partial charge in [-0.25, -0.2) is 4.68 Å². The van der Waals surface area contributed by atoms with E-state index in [-0.39, 0.29) is 34.6 Å². The molecule has 0 aliphatic heterocycles. The molecule has 0 saturated carbocycles. The Morgan fingerprint density at radius 3 is 2.22 bits per heavy atom. The lowest BCUT2D eigenvalue weighted by atomic mass is 10.3. The van der Waals surface area contributed by atoms with Crippen LogP contribution in [0.3, 0.4) is 0 Å². The van der Waals surface area contributed by atoms with Crippen LogP contribution < -0.4 is 20.9 Å². The van der Waals surface area contributed by atoms with Crippen molar-refractivity contribution in [1.29, 1.82) is 0 Å². The maximum absolute atomic E-state index is 12.8. The van der Waals surface area contributed by atoms with Crippen molar-refractivity contribution < 1.29 is 14.3 Å². The molecule has 0 saturated heterocycles. The van der Waals surface area contributed by atoms with Crippen LogP contribution >= 0.6 is 11.8 Å². The number of carbonyl (C=O) groups excluding carboxylic acids is 2. The number of nitrogens with one attached hydrogen (secondary N) is 2. The second-order valence-electron chi connectivity index (χ2n) is 6.98. The molecular formula is C23H26N4O4S. The largest absolute Gasteiger partial charge is 0.494 e. The fourth-order valence-corrected chi connectivity index (χ4v) is 3.74. The first-order valence-electron chi connectivity index (χ1n) is 10.1. The summed E-state index contributed by atoms with van der Waals surface area (Å²) in [6.07, 6.45) is 0. The second kappa shape index (κ2) is 10.7. The van der Waals surface area contributed by atoms with E-state index >= 15 is 0 Å². The number of carbonyl (C=O) groups is 2. The number of rotatable bonds is 9. The summed E-state index contributed by atoms with van der Waals surface area (Å²) < 4.78 is 8.57. The lowest BCUT2D eigenvalue weighted by Gasteiger charge is -2.07. The fraction of sp³-hybridized carbons (Fsp3) is 0.261. The molecule has 0 unspecified atom stereocenters. The van der Waals surface area contributed by atoms with Crippen LogP contribution in [0.25, 0.3) is 5.69 Å². The first kappa shape index (κ1) is 23.2. The third kappa shape index (κ3) is 5.61. The van der Waals surface area contributed by atoms with Crippen molar-refractivity contribution in [2.24, 2.45) is 7.05 Å².